The molecule has 0 saturated heterocycles. The molecular weight excluding hydrogens is 451 g/mol. The number of anilines is 1. The SMILES string of the molecule is CNC(=O)c1c(-c2ccc(F)cc2)oc2cc3c(cc12)[C@H](C)O[C@]1(CC1O)CN3S(C)(=O)=O. The Morgan fingerprint density at radius 3 is 2.52 bits per heavy atom. The molecule has 2 heterocycles. The first kappa shape index (κ1) is 21.9. The number of benzene rings is 2. The predicted molar refractivity (Wildman–Crippen MR) is 120 cm³/mol. The van der Waals surface area contributed by atoms with Crippen LogP contribution >= 0.6 is 0 Å². The van der Waals surface area contributed by atoms with Crippen LogP contribution in [0.1, 0.15) is 35.4 Å². The topological polar surface area (TPSA) is 109 Å². The average molecular weight is 475 g/mol. The van der Waals surface area contributed by atoms with Gasteiger partial charge >= 0.3 is 0 Å². The number of aliphatic hydroxyl groups excluding tert-OH is 1. The zero-order valence-electron chi connectivity index (χ0n) is 18.3. The summed E-state index contributed by atoms with van der Waals surface area (Å²) in [6.07, 6.45) is 0.135. The van der Waals surface area contributed by atoms with Crippen LogP contribution in [-0.2, 0) is 14.8 Å². The Morgan fingerprint density at radius 1 is 1.27 bits per heavy atom. The Labute approximate surface area is 190 Å². The van der Waals surface area contributed by atoms with E-state index in [9.17, 15) is 22.7 Å². The first-order valence-corrected chi connectivity index (χ1v) is 12.3. The van der Waals surface area contributed by atoms with Crippen LogP contribution < -0.4 is 9.62 Å². The molecule has 0 bridgehead atoms. The fraction of sp³-hybridized carbons (Fsp3) is 0.348. The number of sulfonamides is 1. The highest BCUT2D eigenvalue weighted by atomic mass is 32.2. The van der Waals surface area contributed by atoms with Gasteiger partial charge in [0.1, 0.15) is 22.8 Å². The fourth-order valence-corrected chi connectivity index (χ4v) is 5.46. The van der Waals surface area contributed by atoms with Crippen molar-refractivity contribution in [2.75, 3.05) is 24.2 Å². The second-order valence-corrected chi connectivity index (χ2v) is 10.5. The smallest absolute Gasteiger partial charge is 0.255 e. The molecule has 8 nitrogen and oxygen atoms in total. The number of fused-ring (bicyclic) bond motifs is 2. The molecule has 10 heteroatoms. The summed E-state index contributed by atoms with van der Waals surface area (Å²) in [5.41, 5.74) is 1.03. The highest BCUT2D eigenvalue weighted by Crippen LogP contribution is 2.50. The van der Waals surface area contributed by atoms with Gasteiger partial charge in [-0.15, -0.1) is 0 Å². The molecule has 1 aliphatic heterocycles. The number of amides is 1. The van der Waals surface area contributed by atoms with Crippen molar-refractivity contribution in [3.8, 4) is 11.3 Å². The van der Waals surface area contributed by atoms with E-state index in [0.29, 0.717) is 34.2 Å². The van der Waals surface area contributed by atoms with Crippen molar-refractivity contribution in [1.82, 2.24) is 5.32 Å². The molecule has 0 radical (unpaired) electrons. The third kappa shape index (κ3) is 3.49. The van der Waals surface area contributed by atoms with E-state index >= 15 is 0 Å². The minimum atomic E-state index is -3.71. The molecule has 1 saturated carbocycles. The number of ether oxygens (including phenoxy) is 1. The van der Waals surface area contributed by atoms with E-state index in [1.54, 1.807) is 19.1 Å². The molecule has 5 rings (SSSR count). The van der Waals surface area contributed by atoms with Gasteiger partial charge in [0.05, 0.1) is 36.3 Å². The first-order valence-electron chi connectivity index (χ1n) is 10.5. The number of carbonyl (C=O) groups excluding carboxylic acids is 1. The Hall–Kier alpha value is -2.95. The lowest BCUT2D eigenvalue weighted by Gasteiger charge is -2.24. The maximum absolute atomic E-state index is 13.5. The Morgan fingerprint density at radius 2 is 1.94 bits per heavy atom. The van der Waals surface area contributed by atoms with Crippen LogP contribution in [0.3, 0.4) is 0 Å². The number of hydrogen-bond donors (Lipinski definition) is 2. The van der Waals surface area contributed by atoms with E-state index in [1.807, 2.05) is 0 Å². The standard InChI is InChI=1S/C23H23FN2O6S/c1-12-15-8-16-18(9-17(15)26(33(3,29)30)11-23(32-12)10-19(23)27)31-21(20(16)22(28)25-2)13-4-6-14(24)7-5-13/h4-9,12,19,27H,10-11H2,1-3H3,(H,25,28)/t12-,19?,23+/m0/s1. The van der Waals surface area contributed by atoms with Crippen LogP contribution in [0.25, 0.3) is 22.3 Å². The molecule has 2 aromatic carbocycles. The highest BCUT2D eigenvalue weighted by molar-refractivity contribution is 7.92. The van der Waals surface area contributed by atoms with E-state index in [-0.39, 0.29) is 17.9 Å². The van der Waals surface area contributed by atoms with Gasteiger partial charge in [-0.25, -0.2) is 12.8 Å². The largest absolute Gasteiger partial charge is 0.455 e. The number of furan rings is 1. The molecule has 3 aromatic rings. The Kier molecular flexibility index (Phi) is 4.82. The predicted octanol–water partition coefficient (Wildman–Crippen LogP) is 2.96. The Balaban J connectivity index is 1.77. The summed E-state index contributed by atoms with van der Waals surface area (Å²) in [6.45, 7) is 1.76. The van der Waals surface area contributed by atoms with Gasteiger partial charge in [-0.2, -0.15) is 0 Å². The van der Waals surface area contributed by atoms with Crippen LogP contribution in [0.4, 0.5) is 10.1 Å². The fourth-order valence-electron chi connectivity index (χ4n) is 4.49. The number of aliphatic hydroxyl groups is 1. The zero-order valence-corrected chi connectivity index (χ0v) is 19.1. The second kappa shape index (κ2) is 7.28. The Bertz CT molecular complexity index is 1380. The van der Waals surface area contributed by atoms with Crippen molar-refractivity contribution >= 4 is 32.6 Å². The maximum atomic E-state index is 13.5. The number of nitrogens with zero attached hydrogens (tertiary/aromatic N) is 1. The lowest BCUT2D eigenvalue weighted by molar-refractivity contribution is -0.0366. The zero-order chi connectivity index (χ0) is 23.7. The number of nitrogens with one attached hydrogen (secondary N) is 1. The second-order valence-electron chi connectivity index (χ2n) is 8.61. The van der Waals surface area contributed by atoms with Crippen molar-refractivity contribution in [2.45, 2.75) is 31.2 Å². The van der Waals surface area contributed by atoms with Crippen LogP contribution in [0.5, 0.6) is 0 Å². The van der Waals surface area contributed by atoms with Crippen molar-refractivity contribution in [3.63, 3.8) is 0 Å². The molecule has 1 amide bonds. The molecule has 33 heavy (non-hydrogen) atoms. The summed E-state index contributed by atoms with van der Waals surface area (Å²) < 4.78 is 52.3. The average Bonchev–Trinajstić information content (AvgIpc) is 3.26. The van der Waals surface area contributed by atoms with Gasteiger partial charge in [-0.1, -0.05) is 0 Å². The summed E-state index contributed by atoms with van der Waals surface area (Å²) >= 11 is 0. The van der Waals surface area contributed by atoms with Crippen LogP contribution in [-0.4, -0.2) is 51.0 Å². The maximum Gasteiger partial charge on any atom is 0.255 e. The molecule has 1 aliphatic carbocycles. The van der Waals surface area contributed by atoms with Crippen LogP contribution in [0.15, 0.2) is 40.8 Å². The summed E-state index contributed by atoms with van der Waals surface area (Å²) in [4.78, 5) is 12.8. The van der Waals surface area contributed by atoms with Gasteiger partial charge in [0.25, 0.3) is 5.91 Å². The van der Waals surface area contributed by atoms with Gasteiger partial charge < -0.3 is 19.6 Å². The van der Waals surface area contributed by atoms with Crippen LogP contribution in [0.2, 0.25) is 0 Å². The monoisotopic (exact) mass is 474 g/mol. The molecule has 174 valence electrons. The number of rotatable bonds is 3. The van der Waals surface area contributed by atoms with Crippen molar-refractivity contribution in [2.24, 2.45) is 0 Å². The molecule has 1 fully saturated rings. The van der Waals surface area contributed by atoms with Crippen molar-refractivity contribution in [1.29, 1.82) is 0 Å². The normalized spacial score (nSPS) is 24.6. The molecule has 2 aliphatic rings. The minimum absolute atomic E-state index is 0.0241. The summed E-state index contributed by atoms with van der Waals surface area (Å²) in [5, 5.41) is 13.3. The minimum Gasteiger partial charge on any atom is -0.455 e. The third-order valence-corrected chi connectivity index (χ3v) is 7.44. The summed E-state index contributed by atoms with van der Waals surface area (Å²) in [6, 6.07) is 8.84. The first-order chi connectivity index (χ1) is 15.5. The van der Waals surface area contributed by atoms with Gasteiger partial charge in [0, 0.05) is 36.0 Å². The molecular formula is C23H23FN2O6S. The molecule has 1 aromatic heterocycles. The van der Waals surface area contributed by atoms with E-state index in [2.05, 4.69) is 5.32 Å². The van der Waals surface area contributed by atoms with Crippen molar-refractivity contribution < 1.29 is 31.9 Å². The number of hydrogen-bond acceptors (Lipinski definition) is 6. The van der Waals surface area contributed by atoms with Crippen molar-refractivity contribution in [3.05, 3.63) is 53.3 Å². The number of halogens is 1. The lowest BCUT2D eigenvalue weighted by atomic mass is 10.0. The van der Waals surface area contributed by atoms with E-state index in [1.165, 1.54) is 35.6 Å². The quantitative estimate of drug-likeness (QED) is 0.604. The summed E-state index contributed by atoms with van der Waals surface area (Å²) in [5.74, 6) is -0.573. The summed E-state index contributed by atoms with van der Waals surface area (Å²) in [7, 11) is -2.22. The molecule has 2 N–H and O–H groups in total. The van der Waals surface area contributed by atoms with E-state index in [0.717, 1.165) is 6.26 Å². The third-order valence-electron chi connectivity index (χ3n) is 6.31. The number of carbonyl (C=O) groups is 1. The van der Waals surface area contributed by atoms with Gasteiger partial charge in [-0.3, -0.25) is 9.10 Å². The molecule has 3 atom stereocenters. The van der Waals surface area contributed by atoms with E-state index < -0.39 is 39.6 Å². The van der Waals surface area contributed by atoms with Gasteiger partial charge in [-0.05, 0) is 37.3 Å². The lowest BCUT2D eigenvalue weighted by Crippen LogP contribution is -2.39. The van der Waals surface area contributed by atoms with Gasteiger partial charge in [0.2, 0.25) is 10.0 Å². The van der Waals surface area contributed by atoms with Crippen LogP contribution in [0, 0.1) is 5.82 Å². The molecule has 1 spiro atoms. The van der Waals surface area contributed by atoms with Gasteiger partial charge in [0.15, 0.2) is 0 Å². The van der Waals surface area contributed by atoms with E-state index in [4.69, 9.17) is 9.15 Å². The highest BCUT2D eigenvalue weighted by Gasteiger charge is 2.59. The molecule has 1 unspecified atom stereocenters.